The fourth-order valence-electron chi connectivity index (χ4n) is 2.32. The molecule has 0 aromatic carbocycles. The predicted molar refractivity (Wildman–Crippen MR) is 80.2 cm³/mol. The number of carbonyl (C=O) groups is 1. The number of aromatic nitrogens is 3. The normalized spacial score (nSPS) is 10.7. The highest BCUT2D eigenvalue weighted by atomic mass is 16.1. The molecule has 106 valence electrons. The van der Waals surface area contributed by atoms with Crippen molar-refractivity contribution in [3.63, 3.8) is 0 Å². The van der Waals surface area contributed by atoms with Crippen molar-refractivity contribution >= 4 is 11.6 Å². The Morgan fingerprint density at radius 2 is 2.10 bits per heavy atom. The second-order valence-electron chi connectivity index (χ2n) is 4.80. The number of rotatable bonds is 4. The maximum Gasteiger partial charge on any atom is 0.270 e. The third-order valence-electron chi connectivity index (χ3n) is 3.31. The van der Waals surface area contributed by atoms with Crippen molar-refractivity contribution in [2.45, 2.75) is 13.3 Å². The highest BCUT2D eigenvalue weighted by Gasteiger charge is 2.15. The predicted octanol–water partition coefficient (Wildman–Crippen LogP) is 2.01. The number of hydrogen-bond acceptors (Lipinski definition) is 3. The highest BCUT2D eigenvalue weighted by Crippen LogP contribution is 2.11. The quantitative estimate of drug-likeness (QED) is 0.795. The van der Waals surface area contributed by atoms with Crippen LogP contribution in [0.1, 0.15) is 21.9 Å². The van der Waals surface area contributed by atoms with Gasteiger partial charge >= 0.3 is 0 Å². The molecular formula is C16H16N4O. The van der Waals surface area contributed by atoms with E-state index >= 15 is 0 Å². The molecule has 1 N–H and O–H groups in total. The molecule has 5 nitrogen and oxygen atoms in total. The Labute approximate surface area is 122 Å². The molecule has 5 heteroatoms. The molecule has 0 fully saturated rings. The van der Waals surface area contributed by atoms with Crippen LogP contribution in [0.2, 0.25) is 0 Å². The van der Waals surface area contributed by atoms with E-state index in [9.17, 15) is 4.79 Å². The molecule has 0 aliphatic rings. The number of nitrogens with zero attached hydrogens (tertiary/aromatic N) is 3. The Morgan fingerprint density at radius 1 is 1.24 bits per heavy atom. The topological polar surface area (TPSA) is 59.3 Å². The summed E-state index contributed by atoms with van der Waals surface area (Å²) in [5.41, 5.74) is 3.07. The Balaban J connectivity index is 1.71. The number of aryl methyl sites for hydroxylation is 1. The van der Waals surface area contributed by atoms with E-state index in [1.807, 2.05) is 53.9 Å². The van der Waals surface area contributed by atoms with Crippen molar-refractivity contribution in [3.05, 3.63) is 65.9 Å². The van der Waals surface area contributed by atoms with Gasteiger partial charge in [0.05, 0.1) is 5.69 Å². The molecule has 0 aliphatic carbocycles. The van der Waals surface area contributed by atoms with Crippen LogP contribution in [0.4, 0.5) is 0 Å². The van der Waals surface area contributed by atoms with Crippen LogP contribution in [0.5, 0.6) is 0 Å². The van der Waals surface area contributed by atoms with Gasteiger partial charge in [0, 0.05) is 31.1 Å². The van der Waals surface area contributed by atoms with Crippen molar-refractivity contribution in [2.24, 2.45) is 0 Å². The second kappa shape index (κ2) is 5.75. The van der Waals surface area contributed by atoms with E-state index in [2.05, 4.69) is 15.3 Å². The van der Waals surface area contributed by atoms with Gasteiger partial charge in [0.25, 0.3) is 5.91 Å². The van der Waals surface area contributed by atoms with Crippen LogP contribution in [0, 0.1) is 6.92 Å². The first-order valence-corrected chi connectivity index (χ1v) is 6.87. The fraction of sp³-hybridized carbons (Fsp3) is 0.188. The first-order chi connectivity index (χ1) is 10.3. The molecule has 0 unspecified atom stereocenters. The summed E-state index contributed by atoms with van der Waals surface area (Å²) in [5.74, 6) is -0.109. The van der Waals surface area contributed by atoms with Gasteiger partial charge in [0.1, 0.15) is 11.3 Å². The monoisotopic (exact) mass is 280 g/mol. The minimum atomic E-state index is -0.109. The maximum absolute atomic E-state index is 12.3. The van der Waals surface area contributed by atoms with Crippen LogP contribution in [-0.2, 0) is 6.42 Å². The lowest BCUT2D eigenvalue weighted by Gasteiger charge is -2.05. The third kappa shape index (κ3) is 2.76. The van der Waals surface area contributed by atoms with Gasteiger partial charge in [-0.3, -0.25) is 14.2 Å². The summed E-state index contributed by atoms with van der Waals surface area (Å²) in [6.07, 6.45) is 4.32. The number of pyridine rings is 2. The van der Waals surface area contributed by atoms with Crippen LogP contribution in [0.15, 0.2) is 48.8 Å². The molecule has 0 saturated carbocycles. The number of amides is 1. The first-order valence-electron chi connectivity index (χ1n) is 6.87. The van der Waals surface area contributed by atoms with Crippen molar-refractivity contribution in [3.8, 4) is 0 Å². The van der Waals surface area contributed by atoms with Gasteiger partial charge in [-0.1, -0.05) is 12.1 Å². The van der Waals surface area contributed by atoms with Crippen LogP contribution >= 0.6 is 0 Å². The summed E-state index contributed by atoms with van der Waals surface area (Å²) in [5, 5.41) is 2.93. The molecule has 1 amide bonds. The first kappa shape index (κ1) is 13.3. The molecule has 3 aromatic rings. The number of carbonyl (C=O) groups excluding carboxylic acids is 1. The van der Waals surface area contributed by atoms with E-state index in [1.165, 1.54) is 0 Å². The summed E-state index contributed by atoms with van der Waals surface area (Å²) < 4.78 is 1.81. The smallest absolute Gasteiger partial charge is 0.270 e. The molecular weight excluding hydrogens is 264 g/mol. The van der Waals surface area contributed by atoms with E-state index in [0.717, 1.165) is 17.0 Å². The molecule has 0 atom stereocenters. The van der Waals surface area contributed by atoms with E-state index < -0.39 is 0 Å². The average molecular weight is 280 g/mol. The van der Waals surface area contributed by atoms with Crippen LogP contribution in [0.3, 0.4) is 0 Å². The maximum atomic E-state index is 12.3. The van der Waals surface area contributed by atoms with Gasteiger partial charge in [-0.25, -0.2) is 4.98 Å². The number of nitrogens with one attached hydrogen (secondary N) is 1. The molecule has 3 heterocycles. The molecule has 0 radical (unpaired) electrons. The summed E-state index contributed by atoms with van der Waals surface area (Å²) in [6.45, 7) is 2.40. The molecule has 3 rings (SSSR count). The number of fused-ring (bicyclic) bond motifs is 1. The Bertz CT molecular complexity index is 764. The fourth-order valence-corrected chi connectivity index (χ4v) is 2.32. The van der Waals surface area contributed by atoms with Gasteiger partial charge in [-0.05, 0) is 31.2 Å². The number of hydrogen-bond donors (Lipinski definition) is 1. The van der Waals surface area contributed by atoms with Crippen molar-refractivity contribution < 1.29 is 4.79 Å². The standard InChI is InChI=1S/C16H16N4O/c1-12-15(20-11-5-3-7-14(20)19-12)16(21)18-10-8-13-6-2-4-9-17-13/h2-7,9,11H,8,10H2,1H3,(H,18,21). The zero-order chi connectivity index (χ0) is 14.7. The van der Waals surface area contributed by atoms with Crippen LogP contribution in [-0.4, -0.2) is 26.8 Å². The Morgan fingerprint density at radius 3 is 2.90 bits per heavy atom. The van der Waals surface area contributed by atoms with E-state index in [1.54, 1.807) is 6.20 Å². The minimum absolute atomic E-state index is 0.109. The van der Waals surface area contributed by atoms with Crippen molar-refractivity contribution in [1.29, 1.82) is 0 Å². The third-order valence-corrected chi connectivity index (χ3v) is 3.31. The summed E-state index contributed by atoms with van der Waals surface area (Å²) in [4.78, 5) is 21.0. The lowest BCUT2D eigenvalue weighted by Crippen LogP contribution is -2.27. The van der Waals surface area contributed by atoms with E-state index in [0.29, 0.717) is 18.7 Å². The lowest BCUT2D eigenvalue weighted by molar-refractivity contribution is 0.0947. The highest BCUT2D eigenvalue weighted by molar-refractivity contribution is 5.94. The zero-order valence-corrected chi connectivity index (χ0v) is 11.8. The Kier molecular flexibility index (Phi) is 3.64. The average Bonchev–Trinajstić information content (AvgIpc) is 2.84. The summed E-state index contributed by atoms with van der Waals surface area (Å²) in [6, 6.07) is 11.5. The van der Waals surface area contributed by atoms with Crippen molar-refractivity contribution in [1.82, 2.24) is 19.7 Å². The minimum Gasteiger partial charge on any atom is -0.350 e. The lowest BCUT2D eigenvalue weighted by atomic mass is 10.2. The summed E-state index contributed by atoms with van der Waals surface area (Å²) in [7, 11) is 0. The molecule has 0 saturated heterocycles. The van der Waals surface area contributed by atoms with Gasteiger partial charge in [0.15, 0.2) is 0 Å². The molecule has 21 heavy (non-hydrogen) atoms. The SMILES string of the molecule is Cc1nc2ccccn2c1C(=O)NCCc1ccccn1. The Hall–Kier alpha value is -2.69. The molecule has 0 bridgehead atoms. The van der Waals surface area contributed by atoms with Gasteiger partial charge in [-0.2, -0.15) is 0 Å². The van der Waals surface area contributed by atoms with Gasteiger partial charge in [0.2, 0.25) is 0 Å². The van der Waals surface area contributed by atoms with Gasteiger partial charge < -0.3 is 5.32 Å². The van der Waals surface area contributed by atoms with Crippen LogP contribution in [0.25, 0.3) is 5.65 Å². The van der Waals surface area contributed by atoms with Crippen LogP contribution < -0.4 is 5.32 Å². The number of imidazole rings is 1. The second-order valence-corrected chi connectivity index (χ2v) is 4.80. The zero-order valence-electron chi connectivity index (χ0n) is 11.8. The van der Waals surface area contributed by atoms with E-state index in [-0.39, 0.29) is 5.91 Å². The molecule has 0 aliphatic heterocycles. The largest absolute Gasteiger partial charge is 0.350 e. The van der Waals surface area contributed by atoms with Gasteiger partial charge in [-0.15, -0.1) is 0 Å². The van der Waals surface area contributed by atoms with E-state index in [4.69, 9.17) is 0 Å². The summed E-state index contributed by atoms with van der Waals surface area (Å²) >= 11 is 0. The molecule has 0 spiro atoms. The van der Waals surface area contributed by atoms with Crippen molar-refractivity contribution in [2.75, 3.05) is 6.54 Å². The molecule has 3 aromatic heterocycles.